The van der Waals surface area contributed by atoms with Gasteiger partial charge in [0.2, 0.25) is 0 Å². The Morgan fingerprint density at radius 2 is 2.08 bits per heavy atom. The van der Waals surface area contributed by atoms with E-state index < -0.39 is 0 Å². The molecule has 13 heavy (non-hydrogen) atoms. The highest BCUT2D eigenvalue weighted by atomic mass is 15.2. The summed E-state index contributed by atoms with van der Waals surface area (Å²) in [5, 5.41) is 21.2. The van der Waals surface area contributed by atoms with Gasteiger partial charge in [-0.2, -0.15) is 15.6 Å². The molecule has 4 nitrogen and oxygen atoms in total. The topological polar surface area (TPSA) is 65.4 Å². The van der Waals surface area contributed by atoms with E-state index in [1.165, 1.54) is 0 Å². The average molecular weight is 172 g/mol. The molecule has 1 aromatic heterocycles. The third-order valence-electron chi connectivity index (χ3n) is 1.74. The molecule has 0 spiro atoms. The van der Waals surface area contributed by atoms with Crippen LogP contribution in [0.15, 0.2) is 18.0 Å². The standard InChI is InChI=1S/C9H8N4/c1-7(8(3-10)4-11)9-5-12-13(2)6-9/h5-6H,1-2H3. The lowest BCUT2D eigenvalue weighted by Gasteiger charge is -1.93. The van der Waals surface area contributed by atoms with Crippen molar-refractivity contribution >= 4 is 5.57 Å². The van der Waals surface area contributed by atoms with Crippen LogP contribution in [0.25, 0.3) is 5.57 Å². The number of hydrogen-bond donors (Lipinski definition) is 0. The van der Waals surface area contributed by atoms with Crippen LogP contribution in [0.2, 0.25) is 0 Å². The summed E-state index contributed by atoms with van der Waals surface area (Å²) in [6.45, 7) is 1.73. The molecule has 1 heterocycles. The molecule has 0 aliphatic rings. The van der Waals surface area contributed by atoms with Gasteiger partial charge in [0.15, 0.2) is 0 Å². The van der Waals surface area contributed by atoms with Crippen molar-refractivity contribution in [3.05, 3.63) is 23.5 Å². The molecule has 0 aromatic carbocycles. The molecular weight excluding hydrogens is 164 g/mol. The summed E-state index contributed by atoms with van der Waals surface area (Å²) in [6, 6.07) is 3.68. The Bertz CT molecular complexity index is 409. The van der Waals surface area contributed by atoms with Crippen LogP contribution in [-0.2, 0) is 7.05 Å². The number of aromatic nitrogens is 2. The Morgan fingerprint density at radius 1 is 1.46 bits per heavy atom. The predicted molar refractivity (Wildman–Crippen MR) is 47.0 cm³/mol. The van der Waals surface area contributed by atoms with Crippen LogP contribution in [0.4, 0.5) is 0 Å². The molecule has 0 bridgehead atoms. The Kier molecular flexibility index (Phi) is 2.47. The highest BCUT2D eigenvalue weighted by molar-refractivity contribution is 5.72. The predicted octanol–water partition coefficient (Wildman–Crippen LogP) is 1.24. The number of allylic oxidation sites excluding steroid dienone is 2. The fourth-order valence-corrected chi connectivity index (χ4v) is 0.952. The second-order valence-electron chi connectivity index (χ2n) is 2.63. The van der Waals surface area contributed by atoms with Crippen LogP contribution in [0.3, 0.4) is 0 Å². The number of nitriles is 2. The largest absolute Gasteiger partial charge is 0.275 e. The van der Waals surface area contributed by atoms with Gasteiger partial charge in [0.1, 0.15) is 17.7 Å². The van der Waals surface area contributed by atoms with Gasteiger partial charge >= 0.3 is 0 Å². The highest BCUT2D eigenvalue weighted by Gasteiger charge is 2.04. The number of nitrogens with zero attached hydrogens (tertiary/aromatic N) is 4. The summed E-state index contributed by atoms with van der Waals surface area (Å²) < 4.78 is 1.63. The van der Waals surface area contributed by atoms with E-state index in [0.717, 1.165) is 5.56 Å². The van der Waals surface area contributed by atoms with Crippen LogP contribution in [0, 0.1) is 22.7 Å². The summed E-state index contributed by atoms with van der Waals surface area (Å²) in [5.41, 5.74) is 1.60. The van der Waals surface area contributed by atoms with E-state index in [1.54, 1.807) is 31.0 Å². The number of aryl methyl sites for hydroxylation is 1. The lowest BCUT2D eigenvalue weighted by Crippen LogP contribution is -1.85. The molecule has 64 valence electrons. The number of rotatable bonds is 1. The van der Waals surface area contributed by atoms with Crippen LogP contribution in [-0.4, -0.2) is 9.78 Å². The number of hydrogen-bond acceptors (Lipinski definition) is 3. The lowest BCUT2D eigenvalue weighted by molar-refractivity contribution is 0.767. The fourth-order valence-electron chi connectivity index (χ4n) is 0.952. The van der Waals surface area contributed by atoms with Crippen molar-refractivity contribution in [3.63, 3.8) is 0 Å². The van der Waals surface area contributed by atoms with E-state index in [4.69, 9.17) is 10.5 Å². The zero-order chi connectivity index (χ0) is 9.84. The van der Waals surface area contributed by atoms with Crippen LogP contribution in [0.5, 0.6) is 0 Å². The van der Waals surface area contributed by atoms with Crippen molar-refractivity contribution in [1.82, 2.24) is 9.78 Å². The molecular formula is C9H8N4. The van der Waals surface area contributed by atoms with Gasteiger partial charge in [0, 0.05) is 18.8 Å². The van der Waals surface area contributed by atoms with Crippen LogP contribution in [0.1, 0.15) is 12.5 Å². The van der Waals surface area contributed by atoms with Gasteiger partial charge in [-0.15, -0.1) is 0 Å². The van der Waals surface area contributed by atoms with Gasteiger partial charge in [0.25, 0.3) is 0 Å². The highest BCUT2D eigenvalue weighted by Crippen LogP contribution is 2.15. The summed E-state index contributed by atoms with van der Waals surface area (Å²) in [7, 11) is 1.79. The van der Waals surface area contributed by atoms with Crippen molar-refractivity contribution in [3.8, 4) is 12.1 Å². The first-order valence-corrected chi connectivity index (χ1v) is 3.69. The summed E-state index contributed by atoms with van der Waals surface area (Å²) >= 11 is 0. The quantitative estimate of drug-likeness (QED) is 0.598. The summed E-state index contributed by atoms with van der Waals surface area (Å²) in [4.78, 5) is 0. The smallest absolute Gasteiger partial charge is 0.133 e. The van der Waals surface area contributed by atoms with Gasteiger partial charge in [-0.3, -0.25) is 4.68 Å². The molecule has 4 heteroatoms. The molecule has 0 fully saturated rings. The zero-order valence-corrected chi connectivity index (χ0v) is 7.44. The van der Waals surface area contributed by atoms with E-state index in [1.807, 2.05) is 12.1 Å². The van der Waals surface area contributed by atoms with Crippen LogP contribution < -0.4 is 0 Å². The monoisotopic (exact) mass is 172 g/mol. The third-order valence-corrected chi connectivity index (χ3v) is 1.74. The molecule has 0 saturated carbocycles. The molecule has 0 N–H and O–H groups in total. The van der Waals surface area contributed by atoms with Gasteiger partial charge in [-0.25, -0.2) is 0 Å². The fraction of sp³-hybridized carbons (Fsp3) is 0.222. The third kappa shape index (κ3) is 1.74. The van der Waals surface area contributed by atoms with Crippen molar-refractivity contribution < 1.29 is 0 Å². The molecule has 0 atom stereocenters. The molecule has 0 amide bonds. The van der Waals surface area contributed by atoms with Gasteiger partial charge in [0.05, 0.1) is 6.20 Å². The SMILES string of the molecule is CC(=C(C#N)C#N)c1cnn(C)c1. The van der Waals surface area contributed by atoms with E-state index in [9.17, 15) is 0 Å². The Balaban J connectivity index is 3.19. The maximum absolute atomic E-state index is 8.61. The normalized spacial score (nSPS) is 8.62. The van der Waals surface area contributed by atoms with Gasteiger partial charge in [-0.05, 0) is 12.5 Å². The Hall–Kier alpha value is -2.07. The lowest BCUT2D eigenvalue weighted by atomic mass is 10.1. The molecule has 0 aliphatic heterocycles. The van der Waals surface area contributed by atoms with Crippen molar-refractivity contribution in [1.29, 1.82) is 10.5 Å². The molecule has 0 radical (unpaired) electrons. The first-order valence-electron chi connectivity index (χ1n) is 3.69. The van der Waals surface area contributed by atoms with Crippen LogP contribution >= 0.6 is 0 Å². The molecule has 1 aromatic rings. The van der Waals surface area contributed by atoms with E-state index >= 15 is 0 Å². The molecule has 0 aliphatic carbocycles. The first kappa shape index (κ1) is 9.02. The second kappa shape index (κ2) is 3.55. The van der Waals surface area contributed by atoms with E-state index in [-0.39, 0.29) is 5.57 Å². The van der Waals surface area contributed by atoms with E-state index in [2.05, 4.69) is 5.10 Å². The summed E-state index contributed by atoms with van der Waals surface area (Å²) in [6.07, 6.45) is 3.40. The second-order valence-corrected chi connectivity index (χ2v) is 2.63. The molecule has 1 rings (SSSR count). The summed E-state index contributed by atoms with van der Waals surface area (Å²) in [5.74, 6) is 0. The van der Waals surface area contributed by atoms with Crippen molar-refractivity contribution in [2.45, 2.75) is 6.92 Å². The Labute approximate surface area is 76.3 Å². The van der Waals surface area contributed by atoms with Crippen molar-refractivity contribution in [2.75, 3.05) is 0 Å². The first-order chi connectivity index (χ1) is 6.19. The zero-order valence-electron chi connectivity index (χ0n) is 7.44. The maximum Gasteiger partial charge on any atom is 0.133 e. The van der Waals surface area contributed by atoms with Gasteiger partial charge < -0.3 is 0 Å². The van der Waals surface area contributed by atoms with Gasteiger partial charge in [-0.1, -0.05) is 0 Å². The average Bonchev–Trinajstić information content (AvgIpc) is 2.54. The molecule has 0 saturated heterocycles. The van der Waals surface area contributed by atoms with E-state index in [0.29, 0.717) is 5.57 Å². The molecule has 0 unspecified atom stereocenters. The Morgan fingerprint density at radius 3 is 2.46 bits per heavy atom. The minimum absolute atomic E-state index is 0.132. The minimum Gasteiger partial charge on any atom is -0.275 e. The van der Waals surface area contributed by atoms with Crippen molar-refractivity contribution in [2.24, 2.45) is 7.05 Å². The minimum atomic E-state index is 0.132. The maximum atomic E-state index is 8.61.